The zero-order valence-corrected chi connectivity index (χ0v) is 9.47. The number of carbonyl (C=O) groups excluding carboxylic acids is 1. The number of rotatable bonds is 3. The number of hydrogen-bond donors (Lipinski definition) is 1. The van der Waals surface area contributed by atoms with Crippen molar-refractivity contribution in [1.82, 2.24) is 10.3 Å². The number of aromatic nitrogens is 1. The summed E-state index contributed by atoms with van der Waals surface area (Å²) in [5, 5.41) is 2.70. The summed E-state index contributed by atoms with van der Waals surface area (Å²) >= 11 is 3.25. The summed E-state index contributed by atoms with van der Waals surface area (Å²) in [5.41, 5.74) is 1.32. The van der Waals surface area contributed by atoms with Gasteiger partial charge in [0, 0.05) is 17.2 Å². The molecule has 4 heteroatoms. The second-order valence-electron chi connectivity index (χ2n) is 3.00. The van der Waals surface area contributed by atoms with Gasteiger partial charge in [0.2, 0.25) is 0 Å². The van der Waals surface area contributed by atoms with Crippen LogP contribution >= 0.6 is 15.9 Å². The van der Waals surface area contributed by atoms with E-state index in [9.17, 15) is 4.79 Å². The largest absolute Gasteiger partial charge is 0.347 e. The van der Waals surface area contributed by atoms with Crippen molar-refractivity contribution in [1.29, 1.82) is 0 Å². The summed E-state index contributed by atoms with van der Waals surface area (Å²) in [5.74, 6) is -0.180. The average molecular weight is 255 g/mol. The van der Waals surface area contributed by atoms with E-state index in [-0.39, 0.29) is 5.91 Å². The van der Waals surface area contributed by atoms with Gasteiger partial charge in [0.15, 0.2) is 0 Å². The third kappa shape index (κ3) is 3.30. The molecule has 0 fully saturated rings. The van der Waals surface area contributed by atoms with Crippen LogP contribution in [0.5, 0.6) is 0 Å². The van der Waals surface area contributed by atoms with Crippen LogP contribution in [0.2, 0.25) is 0 Å². The van der Waals surface area contributed by atoms with Crippen LogP contribution in [-0.2, 0) is 0 Å². The summed E-state index contributed by atoms with van der Waals surface area (Å²) < 4.78 is 0.856. The molecule has 14 heavy (non-hydrogen) atoms. The molecule has 1 aromatic heterocycles. The van der Waals surface area contributed by atoms with Crippen LogP contribution < -0.4 is 5.32 Å². The molecule has 0 spiro atoms. The van der Waals surface area contributed by atoms with Crippen LogP contribution in [-0.4, -0.2) is 17.4 Å². The number of halogens is 1. The van der Waals surface area contributed by atoms with Gasteiger partial charge in [-0.05, 0) is 35.0 Å². The van der Waals surface area contributed by atoms with Gasteiger partial charge in [0.1, 0.15) is 5.69 Å². The first kappa shape index (κ1) is 10.9. The maximum Gasteiger partial charge on any atom is 0.270 e. The van der Waals surface area contributed by atoms with Gasteiger partial charge in [-0.2, -0.15) is 0 Å². The van der Waals surface area contributed by atoms with Gasteiger partial charge in [-0.15, -0.1) is 0 Å². The molecule has 0 saturated heterocycles. The van der Waals surface area contributed by atoms with Crippen molar-refractivity contribution in [3.63, 3.8) is 0 Å². The Morgan fingerprint density at radius 1 is 1.64 bits per heavy atom. The highest BCUT2D eigenvalue weighted by Gasteiger charge is 2.05. The third-order valence-electron chi connectivity index (χ3n) is 1.51. The highest BCUT2D eigenvalue weighted by molar-refractivity contribution is 9.10. The first-order valence-electron chi connectivity index (χ1n) is 4.13. The van der Waals surface area contributed by atoms with E-state index in [0.29, 0.717) is 12.2 Å². The van der Waals surface area contributed by atoms with E-state index in [1.165, 1.54) is 0 Å². The van der Waals surface area contributed by atoms with E-state index in [0.717, 1.165) is 10.0 Å². The van der Waals surface area contributed by atoms with E-state index in [2.05, 4.69) is 32.8 Å². The number of nitrogens with one attached hydrogen (secondary N) is 1. The number of amides is 1. The smallest absolute Gasteiger partial charge is 0.270 e. The Morgan fingerprint density at radius 2 is 2.36 bits per heavy atom. The summed E-state index contributed by atoms with van der Waals surface area (Å²) in [7, 11) is 0. The van der Waals surface area contributed by atoms with Crippen LogP contribution in [0.4, 0.5) is 0 Å². The molecule has 74 valence electrons. The van der Waals surface area contributed by atoms with Gasteiger partial charge in [-0.25, -0.2) is 4.98 Å². The molecule has 0 unspecified atom stereocenters. The van der Waals surface area contributed by atoms with Crippen LogP contribution in [0.15, 0.2) is 35.0 Å². The monoisotopic (exact) mass is 254 g/mol. The quantitative estimate of drug-likeness (QED) is 0.841. The summed E-state index contributed by atoms with van der Waals surface area (Å²) in [6, 6.07) is 3.44. The fourth-order valence-corrected chi connectivity index (χ4v) is 1.07. The summed E-state index contributed by atoms with van der Waals surface area (Å²) in [4.78, 5) is 15.4. The molecule has 1 amide bonds. The Bertz CT molecular complexity index is 346. The molecule has 1 aromatic rings. The van der Waals surface area contributed by atoms with Crippen LogP contribution in [0.25, 0.3) is 0 Å². The minimum atomic E-state index is -0.180. The Kier molecular flexibility index (Phi) is 3.83. The lowest BCUT2D eigenvalue weighted by Crippen LogP contribution is -2.25. The molecule has 0 bridgehead atoms. The zero-order valence-electron chi connectivity index (χ0n) is 7.88. The van der Waals surface area contributed by atoms with Gasteiger partial charge in [0.25, 0.3) is 5.91 Å². The molecule has 0 aromatic carbocycles. The Morgan fingerprint density at radius 3 is 2.86 bits per heavy atom. The predicted molar refractivity (Wildman–Crippen MR) is 59.1 cm³/mol. The third-order valence-corrected chi connectivity index (χ3v) is 1.98. The standard InChI is InChI=1S/C10H11BrN2O/c1-7(2)5-13-10(14)9-4-3-8(11)6-12-9/h3-4,6H,1,5H2,2H3,(H,13,14). The molecule has 0 aliphatic rings. The van der Waals surface area contributed by atoms with Crippen molar-refractivity contribution in [2.24, 2.45) is 0 Å². The first-order valence-corrected chi connectivity index (χ1v) is 4.93. The van der Waals surface area contributed by atoms with Crippen LogP contribution in [0.1, 0.15) is 17.4 Å². The van der Waals surface area contributed by atoms with Gasteiger partial charge >= 0.3 is 0 Å². The Balaban J connectivity index is 2.61. The van der Waals surface area contributed by atoms with Crippen LogP contribution in [0.3, 0.4) is 0 Å². The molecule has 1 N–H and O–H groups in total. The van der Waals surface area contributed by atoms with Crippen molar-refractivity contribution in [2.75, 3.05) is 6.54 Å². The Hall–Kier alpha value is -1.16. The van der Waals surface area contributed by atoms with E-state index in [1.807, 2.05) is 6.92 Å². The number of nitrogens with zero attached hydrogens (tertiary/aromatic N) is 1. The topological polar surface area (TPSA) is 42.0 Å². The van der Waals surface area contributed by atoms with E-state index < -0.39 is 0 Å². The minimum Gasteiger partial charge on any atom is -0.347 e. The SMILES string of the molecule is C=C(C)CNC(=O)c1ccc(Br)cn1. The van der Waals surface area contributed by atoms with Crippen molar-refractivity contribution in [3.8, 4) is 0 Å². The maximum atomic E-state index is 11.4. The van der Waals surface area contributed by atoms with E-state index in [1.54, 1.807) is 18.3 Å². The van der Waals surface area contributed by atoms with Crippen LogP contribution in [0, 0.1) is 0 Å². The van der Waals surface area contributed by atoms with E-state index in [4.69, 9.17) is 0 Å². The molecule has 0 radical (unpaired) electrons. The van der Waals surface area contributed by atoms with Crippen molar-refractivity contribution < 1.29 is 4.79 Å². The molecule has 1 heterocycles. The van der Waals surface area contributed by atoms with Gasteiger partial charge in [-0.3, -0.25) is 4.79 Å². The summed E-state index contributed by atoms with van der Waals surface area (Å²) in [6.45, 7) is 6.03. The normalized spacial score (nSPS) is 9.57. The summed E-state index contributed by atoms with van der Waals surface area (Å²) in [6.07, 6.45) is 1.59. The van der Waals surface area contributed by atoms with Gasteiger partial charge in [0.05, 0.1) is 0 Å². The lowest BCUT2D eigenvalue weighted by molar-refractivity contribution is 0.0952. The van der Waals surface area contributed by atoms with Crippen molar-refractivity contribution in [3.05, 3.63) is 40.6 Å². The molecule has 0 atom stereocenters. The number of carbonyl (C=O) groups is 1. The number of hydrogen-bond acceptors (Lipinski definition) is 2. The average Bonchev–Trinajstić information content (AvgIpc) is 2.15. The fraction of sp³-hybridized carbons (Fsp3) is 0.200. The molecule has 0 saturated carbocycles. The van der Waals surface area contributed by atoms with E-state index >= 15 is 0 Å². The molecule has 0 aliphatic carbocycles. The molecule has 1 rings (SSSR count). The highest BCUT2D eigenvalue weighted by atomic mass is 79.9. The van der Waals surface area contributed by atoms with Gasteiger partial charge in [-0.1, -0.05) is 12.2 Å². The lowest BCUT2D eigenvalue weighted by Gasteiger charge is -2.03. The van der Waals surface area contributed by atoms with Crippen molar-refractivity contribution >= 4 is 21.8 Å². The first-order chi connectivity index (χ1) is 6.59. The predicted octanol–water partition coefficient (Wildman–Crippen LogP) is 2.15. The zero-order chi connectivity index (χ0) is 10.6. The maximum absolute atomic E-state index is 11.4. The molecule has 3 nitrogen and oxygen atoms in total. The fourth-order valence-electron chi connectivity index (χ4n) is 0.832. The van der Waals surface area contributed by atoms with Crippen molar-refractivity contribution in [2.45, 2.75) is 6.92 Å². The lowest BCUT2D eigenvalue weighted by atomic mass is 10.3. The Labute approximate surface area is 91.4 Å². The molecular weight excluding hydrogens is 244 g/mol. The molecular formula is C10H11BrN2O. The second-order valence-corrected chi connectivity index (χ2v) is 3.92. The molecule has 0 aliphatic heterocycles. The second kappa shape index (κ2) is 4.91. The number of pyridine rings is 1. The van der Waals surface area contributed by atoms with Gasteiger partial charge < -0.3 is 5.32 Å². The minimum absolute atomic E-state index is 0.180. The highest BCUT2D eigenvalue weighted by Crippen LogP contribution is 2.07.